The van der Waals surface area contributed by atoms with Crippen molar-refractivity contribution in [2.24, 2.45) is 4.99 Å². The molecule has 0 aliphatic carbocycles. The first-order chi connectivity index (χ1) is 14.5. The third kappa shape index (κ3) is 8.23. The monoisotopic (exact) mass is 544 g/mol. The van der Waals surface area contributed by atoms with E-state index in [0.29, 0.717) is 54.8 Å². The Morgan fingerprint density at radius 3 is 2.42 bits per heavy atom. The van der Waals surface area contributed by atoms with Crippen LogP contribution < -0.4 is 25.4 Å². The number of nitrogens with zero attached hydrogens (tertiary/aromatic N) is 1. The van der Waals surface area contributed by atoms with Crippen molar-refractivity contribution in [1.29, 1.82) is 0 Å². The summed E-state index contributed by atoms with van der Waals surface area (Å²) in [5, 5.41) is 9.08. The molecule has 0 atom stereocenters. The largest absolute Gasteiger partial charge is 0.497 e. The van der Waals surface area contributed by atoms with Gasteiger partial charge in [0.2, 0.25) is 0 Å². The molecule has 3 N–H and O–H groups in total. The Morgan fingerprint density at radius 1 is 1.03 bits per heavy atom. The maximum Gasteiger partial charge on any atom is 0.251 e. The zero-order valence-corrected chi connectivity index (χ0v) is 20.6. The van der Waals surface area contributed by atoms with E-state index in [1.165, 1.54) is 6.07 Å². The lowest BCUT2D eigenvalue weighted by molar-refractivity contribution is 0.0954. The number of hydrogen-bond donors (Lipinski definition) is 3. The minimum absolute atomic E-state index is 0. The first kappa shape index (κ1) is 26.5. The van der Waals surface area contributed by atoms with Crippen molar-refractivity contribution in [3.63, 3.8) is 0 Å². The Bertz CT molecular complexity index is 893. The standard InChI is InChI=1S/C22H29FN4O3.HI/c1-5-24-22(27-14-17-8-9-18(29-3)13-20(17)30-4)26-11-10-25-21(28)16-7-6-15(2)19(23)12-16;/h6-9,12-13H,5,10-11,14H2,1-4H3,(H,25,28)(H2,24,26,27);1H. The van der Waals surface area contributed by atoms with E-state index in [4.69, 9.17) is 9.47 Å². The third-order valence-electron chi connectivity index (χ3n) is 4.38. The topological polar surface area (TPSA) is 84.0 Å². The summed E-state index contributed by atoms with van der Waals surface area (Å²) < 4.78 is 24.2. The van der Waals surface area contributed by atoms with Gasteiger partial charge in [-0.25, -0.2) is 9.38 Å². The minimum Gasteiger partial charge on any atom is -0.497 e. The molecule has 0 aliphatic heterocycles. The minimum atomic E-state index is -0.392. The molecular weight excluding hydrogens is 514 g/mol. The summed E-state index contributed by atoms with van der Waals surface area (Å²) >= 11 is 0. The fourth-order valence-electron chi connectivity index (χ4n) is 2.68. The Balaban J connectivity index is 0.00000480. The number of hydrogen-bond acceptors (Lipinski definition) is 4. The van der Waals surface area contributed by atoms with Crippen LogP contribution in [0.2, 0.25) is 0 Å². The predicted molar refractivity (Wildman–Crippen MR) is 131 cm³/mol. The molecule has 2 aromatic carbocycles. The van der Waals surface area contributed by atoms with Gasteiger partial charge in [-0.1, -0.05) is 6.07 Å². The van der Waals surface area contributed by atoms with Crippen molar-refractivity contribution >= 4 is 35.8 Å². The molecule has 0 saturated carbocycles. The zero-order chi connectivity index (χ0) is 21.9. The molecule has 0 aliphatic rings. The average Bonchev–Trinajstić information content (AvgIpc) is 2.76. The number of amides is 1. The van der Waals surface area contributed by atoms with Crippen molar-refractivity contribution in [2.45, 2.75) is 20.4 Å². The molecule has 9 heteroatoms. The molecule has 7 nitrogen and oxygen atoms in total. The van der Waals surface area contributed by atoms with Crippen molar-refractivity contribution in [1.82, 2.24) is 16.0 Å². The second kappa shape index (κ2) is 13.7. The van der Waals surface area contributed by atoms with Crippen molar-refractivity contribution in [3.05, 3.63) is 58.9 Å². The fraction of sp³-hybridized carbons (Fsp3) is 0.364. The van der Waals surface area contributed by atoms with Crippen LogP contribution in [0.15, 0.2) is 41.4 Å². The number of carbonyl (C=O) groups is 1. The van der Waals surface area contributed by atoms with Gasteiger partial charge in [-0.05, 0) is 43.7 Å². The first-order valence-electron chi connectivity index (χ1n) is 9.76. The first-order valence-corrected chi connectivity index (χ1v) is 9.76. The summed E-state index contributed by atoms with van der Waals surface area (Å²) in [5.41, 5.74) is 1.73. The average molecular weight is 544 g/mol. The van der Waals surface area contributed by atoms with E-state index >= 15 is 0 Å². The highest BCUT2D eigenvalue weighted by Crippen LogP contribution is 2.25. The summed E-state index contributed by atoms with van der Waals surface area (Å²) in [6.45, 7) is 5.57. The van der Waals surface area contributed by atoms with Gasteiger partial charge >= 0.3 is 0 Å². The summed E-state index contributed by atoms with van der Waals surface area (Å²) in [6, 6.07) is 10.0. The van der Waals surface area contributed by atoms with Crippen LogP contribution >= 0.6 is 24.0 Å². The van der Waals surface area contributed by atoms with Gasteiger partial charge in [-0.15, -0.1) is 24.0 Å². The number of aliphatic imine (C=N–C) groups is 1. The van der Waals surface area contributed by atoms with Crippen LogP contribution in [0, 0.1) is 12.7 Å². The molecule has 1 amide bonds. The molecule has 0 unspecified atom stereocenters. The fourth-order valence-corrected chi connectivity index (χ4v) is 2.68. The highest BCUT2D eigenvalue weighted by molar-refractivity contribution is 14.0. The molecule has 2 rings (SSSR count). The van der Waals surface area contributed by atoms with Crippen molar-refractivity contribution < 1.29 is 18.7 Å². The van der Waals surface area contributed by atoms with Gasteiger partial charge in [0.1, 0.15) is 17.3 Å². The SMILES string of the molecule is CCNC(=NCc1ccc(OC)cc1OC)NCCNC(=O)c1ccc(C)c(F)c1.I. The maximum atomic E-state index is 13.6. The number of halogens is 2. The number of benzene rings is 2. The van der Waals surface area contributed by atoms with E-state index in [0.717, 1.165) is 5.56 Å². The second-order valence-electron chi connectivity index (χ2n) is 6.52. The van der Waals surface area contributed by atoms with Crippen LogP contribution in [0.1, 0.15) is 28.4 Å². The molecule has 0 spiro atoms. The van der Waals surface area contributed by atoms with Crippen LogP contribution in [-0.2, 0) is 6.54 Å². The predicted octanol–water partition coefficient (Wildman–Crippen LogP) is 3.25. The number of aryl methyl sites for hydroxylation is 1. The molecule has 0 aromatic heterocycles. The molecule has 31 heavy (non-hydrogen) atoms. The second-order valence-corrected chi connectivity index (χ2v) is 6.52. The molecule has 2 aromatic rings. The number of nitrogens with one attached hydrogen (secondary N) is 3. The molecular formula is C22H30FIN4O3. The number of ether oxygens (including phenoxy) is 2. The van der Waals surface area contributed by atoms with E-state index in [9.17, 15) is 9.18 Å². The lowest BCUT2D eigenvalue weighted by Crippen LogP contribution is -2.41. The van der Waals surface area contributed by atoms with Gasteiger partial charge in [0, 0.05) is 36.8 Å². The molecule has 0 radical (unpaired) electrons. The third-order valence-corrected chi connectivity index (χ3v) is 4.38. The summed E-state index contributed by atoms with van der Waals surface area (Å²) in [6.07, 6.45) is 0. The van der Waals surface area contributed by atoms with Crippen LogP contribution in [0.25, 0.3) is 0 Å². The number of carbonyl (C=O) groups excluding carboxylic acids is 1. The number of rotatable bonds is 9. The lowest BCUT2D eigenvalue weighted by atomic mass is 10.1. The van der Waals surface area contributed by atoms with E-state index in [1.54, 1.807) is 33.3 Å². The number of methoxy groups -OCH3 is 2. The van der Waals surface area contributed by atoms with Crippen molar-refractivity contribution in [2.75, 3.05) is 33.9 Å². The van der Waals surface area contributed by atoms with E-state index in [1.807, 2.05) is 25.1 Å². The molecule has 170 valence electrons. The molecule has 0 heterocycles. The van der Waals surface area contributed by atoms with Gasteiger partial charge in [-0.2, -0.15) is 0 Å². The van der Waals surface area contributed by atoms with Gasteiger partial charge in [0.15, 0.2) is 5.96 Å². The van der Waals surface area contributed by atoms with E-state index in [-0.39, 0.29) is 29.9 Å². The molecule has 0 bridgehead atoms. The Hall–Kier alpha value is -2.56. The maximum absolute atomic E-state index is 13.6. The number of guanidine groups is 1. The normalized spacial score (nSPS) is 10.7. The lowest BCUT2D eigenvalue weighted by Gasteiger charge is -2.13. The highest BCUT2D eigenvalue weighted by atomic mass is 127. The summed E-state index contributed by atoms with van der Waals surface area (Å²) in [7, 11) is 3.21. The van der Waals surface area contributed by atoms with E-state index in [2.05, 4.69) is 20.9 Å². The van der Waals surface area contributed by atoms with Crippen LogP contribution in [0.3, 0.4) is 0 Å². The van der Waals surface area contributed by atoms with Crippen LogP contribution in [0.5, 0.6) is 11.5 Å². The van der Waals surface area contributed by atoms with Crippen LogP contribution in [-0.4, -0.2) is 45.7 Å². The Kier molecular flexibility index (Phi) is 11.7. The smallest absolute Gasteiger partial charge is 0.251 e. The summed E-state index contributed by atoms with van der Waals surface area (Å²) in [4.78, 5) is 16.7. The zero-order valence-electron chi connectivity index (χ0n) is 18.3. The van der Waals surface area contributed by atoms with E-state index < -0.39 is 5.82 Å². The van der Waals surface area contributed by atoms with Gasteiger partial charge < -0.3 is 25.4 Å². The summed E-state index contributed by atoms with van der Waals surface area (Å²) in [5.74, 6) is 1.32. The quantitative estimate of drug-likeness (QED) is 0.196. The molecule has 0 saturated heterocycles. The van der Waals surface area contributed by atoms with Gasteiger partial charge in [0.05, 0.1) is 20.8 Å². The van der Waals surface area contributed by atoms with Gasteiger partial charge in [-0.3, -0.25) is 4.79 Å². The van der Waals surface area contributed by atoms with Crippen molar-refractivity contribution in [3.8, 4) is 11.5 Å². The highest BCUT2D eigenvalue weighted by Gasteiger charge is 2.08. The molecule has 0 fully saturated rings. The Morgan fingerprint density at radius 2 is 1.77 bits per heavy atom. The van der Waals surface area contributed by atoms with Crippen LogP contribution in [0.4, 0.5) is 4.39 Å². The van der Waals surface area contributed by atoms with Gasteiger partial charge in [0.25, 0.3) is 5.91 Å². The Labute approximate surface area is 199 Å².